The number of amides is 1. The van der Waals surface area contributed by atoms with Crippen LogP contribution in [0.1, 0.15) is 0 Å². The summed E-state index contributed by atoms with van der Waals surface area (Å²) in [6.45, 7) is 2.95. The van der Waals surface area contributed by atoms with Crippen LogP contribution in [-0.4, -0.2) is 70.3 Å². The van der Waals surface area contributed by atoms with Crippen molar-refractivity contribution in [3.63, 3.8) is 0 Å². The average molecular weight is 455 g/mol. The quantitative estimate of drug-likeness (QED) is 0.726. The van der Waals surface area contributed by atoms with Crippen LogP contribution < -0.4 is 10.2 Å². The largest absolute Gasteiger partial charge is 0.369 e. The van der Waals surface area contributed by atoms with Gasteiger partial charge in [-0.15, -0.1) is 0 Å². The van der Waals surface area contributed by atoms with Crippen LogP contribution >= 0.6 is 11.6 Å². The molecule has 10 heteroatoms. The number of nitrogens with one attached hydrogen (secondary N) is 1. The van der Waals surface area contributed by atoms with Crippen molar-refractivity contribution in [1.82, 2.24) is 9.21 Å². The van der Waals surface area contributed by atoms with Crippen molar-refractivity contribution < 1.29 is 17.6 Å². The lowest BCUT2D eigenvalue weighted by Crippen LogP contribution is -2.48. The first-order chi connectivity index (χ1) is 14.2. The molecule has 2 aromatic carbocycles. The number of sulfonamides is 1. The second-order valence-electron chi connectivity index (χ2n) is 7.22. The van der Waals surface area contributed by atoms with Crippen LogP contribution in [0.25, 0.3) is 0 Å². The Morgan fingerprint density at radius 2 is 1.73 bits per heavy atom. The van der Waals surface area contributed by atoms with Gasteiger partial charge in [0.2, 0.25) is 15.9 Å². The maximum Gasteiger partial charge on any atom is 0.242 e. The van der Waals surface area contributed by atoms with Crippen molar-refractivity contribution in [1.29, 1.82) is 0 Å². The number of nitrogens with zero attached hydrogens (tertiary/aromatic N) is 3. The Morgan fingerprint density at radius 1 is 1.10 bits per heavy atom. The highest BCUT2D eigenvalue weighted by molar-refractivity contribution is 7.89. The molecule has 0 unspecified atom stereocenters. The molecule has 0 radical (unpaired) electrons. The van der Waals surface area contributed by atoms with Gasteiger partial charge in [-0.1, -0.05) is 11.6 Å². The fourth-order valence-corrected chi connectivity index (χ4v) is 4.27. The number of rotatable bonds is 6. The van der Waals surface area contributed by atoms with Gasteiger partial charge in [0.05, 0.1) is 22.2 Å². The van der Waals surface area contributed by atoms with Gasteiger partial charge in [0, 0.05) is 46.0 Å². The van der Waals surface area contributed by atoms with Crippen molar-refractivity contribution in [3.05, 3.63) is 53.3 Å². The fourth-order valence-electron chi connectivity index (χ4n) is 3.18. The van der Waals surface area contributed by atoms with E-state index in [1.165, 1.54) is 44.4 Å². The first-order valence-electron chi connectivity index (χ1n) is 9.41. The molecule has 3 rings (SSSR count). The van der Waals surface area contributed by atoms with Crippen LogP contribution in [0.4, 0.5) is 15.8 Å². The molecule has 0 spiro atoms. The average Bonchev–Trinajstić information content (AvgIpc) is 2.70. The Morgan fingerprint density at radius 3 is 2.33 bits per heavy atom. The molecule has 0 aromatic heterocycles. The molecule has 7 nitrogen and oxygen atoms in total. The Hall–Kier alpha value is -2.20. The van der Waals surface area contributed by atoms with Gasteiger partial charge < -0.3 is 10.2 Å². The van der Waals surface area contributed by atoms with Gasteiger partial charge in [-0.25, -0.2) is 17.1 Å². The molecule has 162 valence electrons. The molecule has 0 aliphatic carbocycles. The van der Waals surface area contributed by atoms with E-state index in [1.807, 2.05) is 4.90 Å². The van der Waals surface area contributed by atoms with E-state index in [2.05, 4.69) is 10.2 Å². The van der Waals surface area contributed by atoms with Crippen LogP contribution in [0.15, 0.2) is 47.4 Å². The number of hydrogen-bond acceptors (Lipinski definition) is 5. The summed E-state index contributed by atoms with van der Waals surface area (Å²) in [5.41, 5.74) is 1.21. The molecule has 1 heterocycles. The topological polar surface area (TPSA) is 73.0 Å². The molecule has 1 amide bonds. The highest BCUT2D eigenvalue weighted by atomic mass is 35.5. The summed E-state index contributed by atoms with van der Waals surface area (Å²) in [7, 11) is -0.754. The van der Waals surface area contributed by atoms with Gasteiger partial charge in [-0.3, -0.25) is 9.69 Å². The lowest BCUT2D eigenvalue weighted by molar-refractivity contribution is -0.117. The summed E-state index contributed by atoms with van der Waals surface area (Å²) in [5.74, 6) is -0.540. The first kappa shape index (κ1) is 22.5. The number of benzene rings is 2. The zero-order valence-electron chi connectivity index (χ0n) is 16.8. The lowest BCUT2D eigenvalue weighted by atomic mass is 10.2. The fraction of sp³-hybridized carbons (Fsp3) is 0.350. The van der Waals surface area contributed by atoms with E-state index in [0.29, 0.717) is 13.1 Å². The van der Waals surface area contributed by atoms with Crippen molar-refractivity contribution in [2.24, 2.45) is 0 Å². The zero-order valence-corrected chi connectivity index (χ0v) is 18.4. The third kappa shape index (κ3) is 5.28. The predicted molar refractivity (Wildman–Crippen MR) is 116 cm³/mol. The van der Waals surface area contributed by atoms with Crippen molar-refractivity contribution in [2.75, 3.05) is 57.0 Å². The molecule has 1 fully saturated rings. The van der Waals surface area contributed by atoms with E-state index in [4.69, 9.17) is 11.6 Å². The molecule has 0 saturated carbocycles. The third-order valence-electron chi connectivity index (χ3n) is 4.92. The zero-order chi connectivity index (χ0) is 21.9. The van der Waals surface area contributed by atoms with Crippen molar-refractivity contribution >= 4 is 38.9 Å². The van der Waals surface area contributed by atoms with Gasteiger partial charge >= 0.3 is 0 Å². The summed E-state index contributed by atoms with van der Waals surface area (Å²) in [6, 6.07) is 10.6. The second-order valence-corrected chi connectivity index (χ2v) is 9.78. The molecule has 0 atom stereocenters. The van der Waals surface area contributed by atoms with E-state index < -0.39 is 10.0 Å². The summed E-state index contributed by atoms with van der Waals surface area (Å²) in [5, 5.41) is 2.97. The number of carbonyl (C=O) groups is 1. The number of halogens is 2. The predicted octanol–water partition coefficient (Wildman–Crippen LogP) is 2.49. The Labute approximate surface area is 181 Å². The van der Waals surface area contributed by atoms with E-state index in [9.17, 15) is 17.6 Å². The summed E-state index contributed by atoms with van der Waals surface area (Å²) < 4.78 is 38.8. The van der Waals surface area contributed by atoms with Gasteiger partial charge in [-0.2, -0.15) is 0 Å². The highest BCUT2D eigenvalue weighted by Gasteiger charge is 2.21. The minimum absolute atomic E-state index is 0.0557. The molecule has 30 heavy (non-hydrogen) atoms. The molecule has 0 bridgehead atoms. The molecular weight excluding hydrogens is 431 g/mol. The van der Waals surface area contributed by atoms with E-state index >= 15 is 0 Å². The van der Waals surface area contributed by atoms with E-state index in [-0.39, 0.29) is 33.9 Å². The van der Waals surface area contributed by atoms with Gasteiger partial charge in [0.1, 0.15) is 5.82 Å². The summed E-state index contributed by atoms with van der Waals surface area (Å²) in [6.07, 6.45) is 0. The molecule has 2 aromatic rings. The van der Waals surface area contributed by atoms with Gasteiger partial charge in [-0.05, 0) is 42.5 Å². The second kappa shape index (κ2) is 9.30. The van der Waals surface area contributed by atoms with Crippen LogP contribution in [-0.2, 0) is 14.8 Å². The van der Waals surface area contributed by atoms with Crippen LogP contribution in [0.2, 0.25) is 5.02 Å². The maximum absolute atomic E-state index is 13.1. The lowest BCUT2D eigenvalue weighted by Gasteiger charge is -2.35. The number of anilines is 2. The number of hydrogen-bond donors (Lipinski definition) is 1. The normalized spacial score (nSPS) is 15.4. The number of carbonyl (C=O) groups excluding carboxylic acids is 1. The molecular formula is C20H24ClFN4O3S. The van der Waals surface area contributed by atoms with Gasteiger partial charge in [0.25, 0.3) is 0 Å². The van der Waals surface area contributed by atoms with Crippen LogP contribution in [0.3, 0.4) is 0 Å². The Balaban J connectivity index is 1.58. The molecule has 1 aliphatic rings. The standard InChI is InChI=1S/C20H24ClFN4O3S/c1-24(2)30(28,29)17-7-8-18(21)19(13-17)23-20(27)14-25-9-11-26(12-10-25)16-5-3-15(22)4-6-16/h3-8,13H,9-12,14H2,1-2H3,(H,23,27). The Kier molecular flexibility index (Phi) is 6.97. The monoisotopic (exact) mass is 454 g/mol. The number of piperazine rings is 1. The summed E-state index contributed by atoms with van der Waals surface area (Å²) >= 11 is 6.14. The minimum atomic E-state index is -3.63. The Bertz CT molecular complexity index is 1010. The van der Waals surface area contributed by atoms with Gasteiger partial charge in [0.15, 0.2) is 0 Å². The molecule has 1 N–H and O–H groups in total. The third-order valence-corrected chi connectivity index (χ3v) is 7.06. The SMILES string of the molecule is CN(C)S(=O)(=O)c1ccc(Cl)c(NC(=O)CN2CCN(c3ccc(F)cc3)CC2)c1. The molecule has 1 saturated heterocycles. The van der Waals surface area contributed by atoms with E-state index in [0.717, 1.165) is 23.1 Å². The first-order valence-corrected chi connectivity index (χ1v) is 11.2. The maximum atomic E-state index is 13.1. The smallest absolute Gasteiger partial charge is 0.242 e. The summed E-state index contributed by atoms with van der Waals surface area (Å²) in [4.78, 5) is 16.7. The van der Waals surface area contributed by atoms with E-state index in [1.54, 1.807) is 12.1 Å². The van der Waals surface area contributed by atoms with Crippen molar-refractivity contribution in [2.45, 2.75) is 4.90 Å². The van der Waals surface area contributed by atoms with Crippen LogP contribution in [0, 0.1) is 5.82 Å². The molecule has 1 aliphatic heterocycles. The highest BCUT2D eigenvalue weighted by Crippen LogP contribution is 2.26. The van der Waals surface area contributed by atoms with Crippen LogP contribution in [0.5, 0.6) is 0 Å². The van der Waals surface area contributed by atoms with Crippen molar-refractivity contribution in [3.8, 4) is 0 Å². The minimum Gasteiger partial charge on any atom is -0.369 e.